The van der Waals surface area contributed by atoms with Crippen LogP contribution in [-0.2, 0) is 57.1 Å². The molecule has 2 rings (SSSR count). The summed E-state index contributed by atoms with van der Waals surface area (Å²) in [4.78, 5) is 98.1. The molecule has 0 spiro atoms. The molecule has 8 N–H and O–H groups in total. The number of rotatable bonds is 18. The Hall–Kier alpha value is -2.79. The van der Waals surface area contributed by atoms with Crippen LogP contribution in [0.3, 0.4) is 0 Å². The van der Waals surface area contributed by atoms with Crippen LogP contribution in [0.25, 0.3) is 0 Å². The quantitative estimate of drug-likeness (QED) is 0.0501. The number of aliphatic hydroxyl groups excluding tert-OH is 1. The van der Waals surface area contributed by atoms with Crippen molar-refractivity contribution in [1.29, 1.82) is 0 Å². The first-order valence-electron chi connectivity index (χ1n) is 13.7. The maximum absolute atomic E-state index is 12.7. The van der Waals surface area contributed by atoms with Crippen molar-refractivity contribution in [3.05, 3.63) is 32.6 Å². The Morgan fingerprint density at radius 1 is 0.980 bits per heavy atom. The number of ether oxygens (including phenoxy) is 2. The number of nitrogens with one attached hydrogen (secondary N) is 3. The number of phosphoric ester groups is 1. The number of H-pyrrole nitrogens is 1. The fourth-order valence-electron chi connectivity index (χ4n) is 4.08. The number of hydrogen-bond donors (Lipinski definition) is 8. The zero-order valence-electron chi connectivity index (χ0n) is 25.0. The minimum absolute atomic E-state index is 0.0923. The number of amides is 2. The van der Waals surface area contributed by atoms with Crippen LogP contribution in [0.1, 0.15) is 44.4 Å². The van der Waals surface area contributed by atoms with Gasteiger partial charge in [-0.15, -0.1) is 0 Å². The Morgan fingerprint density at radius 2 is 1.57 bits per heavy atom. The highest BCUT2D eigenvalue weighted by Crippen LogP contribution is 2.66. The smallest absolute Gasteiger partial charge is 0.455 e. The Bertz CT molecular complexity index is 1610. The zero-order chi connectivity index (χ0) is 37.4. The van der Waals surface area contributed by atoms with E-state index in [4.69, 9.17) is 19.3 Å². The third kappa shape index (κ3) is 14.5. The summed E-state index contributed by atoms with van der Waals surface area (Å²) in [6.45, 7) is -0.401. The molecule has 0 aromatic carbocycles. The molecule has 280 valence electrons. The van der Waals surface area contributed by atoms with Gasteiger partial charge in [-0.2, -0.15) is 21.8 Å². The largest absolute Gasteiger partial charge is 0.490 e. The normalized spacial score (nSPS) is 22.1. The standard InChI is InChI=1S/C21H32F3N4O18P3/c1-11(29)43-16-15(31)13(10-42-48(38,39)46-49(40,41)45-47(35,36)37)44-18(16)28-9-12(17(32)27-20(28)34)8-14(30)25-6-4-2-3-5-7-26-19(33)21(22,23)24/h9,13,15-16,18,31H,2-8,10H2,1H3,(H,25,30)(H,26,33)(H,38,39)(H,40,41)(H,27,32,34)(H2,35,36,37)/t13-,15-,16+,18-/m1/s1. The van der Waals surface area contributed by atoms with Crippen LogP contribution >= 0.6 is 23.5 Å². The lowest BCUT2D eigenvalue weighted by Crippen LogP contribution is -2.41. The van der Waals surface area contributed by atoms with Crippen molar-refractivity contribution in [2.24, 2.45) is 0 Å². The van der Waals surface area contributed by atoms with Crippen molar-refractivity contribution in [3.63, 3.8) is 0 Å². The van der Waals surface area contributed by atoms with E-state index in [2.05, 4.69) is 18.5 Å². The lowest BCUT2D eigenvalue weighted by atomic mass is 10.1. The predicted octanol–water partition coefficient (Wildman–Crippen LogP) is -1.03. The number of halogens is 3. The average Bonchev–Trinajstić information content (AvgIpc) is 3.21. The monoisotopic (exact) mass is 778 g/mol. The van der Waals surface area contributed by atoms with Crippen molar-refractivity contribution in [3.8, 4) is 0 Å². The van der Waals surface area contributed by atoms with Gasteiger partial charge in [0, 0.05) is 31.8 Å². The lowest BCUT2D eigenvalue weighted by molar-refractivity contribution is -0.173. The van der Waals surface area contributed by atoms with Gasteiger partial charge in [-0.3, -0.25) is 33.3 Å². The predicted molar refractivity (Wildman–Crippen MR) is 151 cm³/mol. The van der Waals surface area contributed by atoms with Crippen LogP contribution < -0.4 is 21.9 Å². The van der Waals surface area contributed by atoms with E-state index in [9.17, 15) is 65.7 Å². The van der Waals surface area contributed by atoms with Gasteiger partial charge in [0.25, 0.3) is 5.56 Å². The highest BCUT2D eigenvalue weighted by Gasteiger charge is 2.49. The minimum atomic E-state index is -5.88. The second-order valence-corrected chi connectivity index (χ2v) is 14.5. The SMILES string of the molecule is CC(=O)O[C@H]1[C@H](O)[C@@H](COP(=O)(O)OP(=O)(O)OP(=O)(O)O)O[C@H]1n1cc(CC(=O)NCCCCCCNC(=O)C(F)(F)F)c(=O)[nH]c1=O. The molecule has 0 aliphatic carbocycles. The van der Waals surface area contributed by atoms with E-state index >= 15 is 0 Å². The maximum atomic E-state index is 12.7. The van der Waals surface area contributed by atoms with E-state index in [0.717, 1.165) is 13.1 Å². The first-order chi connectivity index (χ1) is 22.4. The third-order valence-corrected chi connectivity index (χ3v) is 9.87. The van der Waals surface area contributed by atoms with E-state index in [0.29, 0.717) is 23.8 Å². The van der Waals surface area contributed by atoms with Crippen molar-refractivity contribution >= 4 is 41.3 Å². The van der Waals surface area contributed by atoms with Gasteiger partial charge in [0.1, 0.15) is 12.2 Å². The number of unbranched alkanes of at least 4 members (excludes halogenated alkanes) is 3. The van der Waals surface area contributed by atoms with E-state index < -0.39 is 96.2 Å². The van der Waals surface area contributed by atoms with Gasteiger partial charge < -0.3 is 44.8 Å². The van der Waals surface area contributed by atoms with Crippen molar-refractivity contribution in [2.45, 2.75) is 69.7 Å². The van der Waals surface area contributed by atoms with Gasteiger partial charge in [-0.1, -0.05) is 12.8 Å². The van der Waals surface area contributed by atoms with Crippen LogP contribution in [0.15, 0.2) is 15.8 Å². The van der Waals surface area contributed by atoms with Gasteiger partial charge in [0.15, 0.2) is 12.3 Å². The Morgan fingerprint density at radius 3 is 2.12 bits per heavy atom. The van der Waals surface area contributed by atoms with Gasteiger partial charge >= 0.3 is 47.2 Å². The van der Waals surface area contributed by atoms with Crippen LogP contribution in [0, 0.1) is 0 Å². The fourth-order valence-corrected chi connectivity index (χ4v) is 7.11. The fraction of sp³-hybridized carbons (Fsp3) is 0.667. The number of aliphatic hydroxyl groups is 1. The Labute approximate surface area is 272 Å². The molecule has 1 aliphatic heterocycles. The molecule has 2 heterocycles. The molecule has 0 saturated carbocycles. The Kier molecular flexibility index (Phi) is 15.1. The molecule has 28 heteroatoms. The van der Waals surface area contributed by atoms with E-state index in [1.807, 2.05) is 4.98 Å². The molecule has 0 bridgehead atoms. The molecule has 1 aliphatic rings. The van der Waals surface area contributed by atoms with Gasteiger partial charge in [0.2, 0.25) is 5.91 Å². The van der Waals surface area contributed by atoms with Gasteiger partial charge in [-0.25, -0.2) is 18.5 Å². The van der Waals surface area contributed by atoms with Crippen LogP contribution in [0.4, 0.5) is 13.2 Å². The van der Waals surface area contributed by atoms with Crippen molar-refractivity contribution in [1.82, 2.24) is 20.2 Å². The van der Waals surface area contributed by atoms with Crippen molar-refractivity contribution in [2.75, 3.05) is 19.7 Å². The van der Waals surface area contributed by atoms with Crippen LogP contribution in [0.2, 0.25) is 0 Å². The summed E-state index contributed by atoms with van der Waals surface area (Å²) in [5.74, 6) is -3.77. The van der Waals surface area contributed by atoms with Crippen LogP contribution in [-0.4, -0.2) is 96.2 Å². The molecule has 1 aromatic rings. The van der Waals surface area contributed by atoms with E-state index in [-0.39, 0.29) is 25.1 Å². The second kappa shape index (κ2) is 17.4. The molecule has 2 amide bonds. The molecule has 49 heavy (non-hydrogen) atoms. The van der Waals surface area contributed by atoms with Gasteiger partial charge in [0.05, 0.1) is 13.0 Å². The first kappa shape index (κ1) is 42.4. The van der Waals surface area contributed by atoms with Crippen molar-refractivity contribution < 1.29 is 88.5 Å². The molecular formula is C21H32F3N4O18P3. The number of aromatic nitrogens is 2. The van der Waals surface area contributed by atoms with E-state index in [1.165, 1.54) is 0 Å². The number of hydrogen-bond acceptors (Lipinski definition) is 14. The topological polar surface area (TPSA) is 329 Å². The summed E-state index contributed by atoms with van der Waals surface area (Å²) in [5, 5.41) is 14.9. The molecule has 1 fully saturated rings. The molecule has 0 radical (unpaired) electrons. The maximum Gasteiger partial charge on any atom is 0.490 e. The first-order valence-corrected chi connectivity index (χ1v) is 18.2. The molecule has 22 nitrogen and oxygen atoms in total. The highest BCUT2D eigenvalue weighted by molar-refractivity contribution is 7.66. The van der Waals surface area contributed by atoms with Gasteiger partial charge in [-0.05, 0) is 12.8 Å². The highest BCUT2D eigenvalue weighted by atomic mass is 31.3. The van der Waals surface area contributed by atoms with Crippen LogP contribution in [0.5, 0.6) is 0 Å². The number of aromatic amines is 1. The number of esters is 1. The number of nitrogens with zero attached hydrogens (tertiary/aromatic N) is 1. The number of phosphoric acid groups is 3. The summed E-state index contributed by atoms with van der Waals surface area (Å²) in [7, 11) is -17.3. The summed E-state index contributed by atoms with van der Waals surface area (Å²) in [6.07, 6.45) is -10.5. The average molecular weight is 778 g/mol. The second-order valence-electron chi connectivity index (χ2n) is 10.0. The summed E-state index contributed by atoms with van der Waals surface area (Å²) >= 11 is 0. The molecule has 2 unspecified atom stereocenters. The summed E-state index contributed by atoms with van der Waals surface area (Å²) in [5.41, 5.74) is -2.53. The third-order valence-electron chi connectivity index (χ3n) is 6.07. The molecule has 1 saturated heterocycles. The molecular weight excluding hydrogens is 746 g/mol. The summed E-state index contributed by atoms with van der Waals surface area (Å²) in [6, 6.07) is 0. The molecule has 6 atom stereocenters. The molecule has 1 aromatic heterocycles. The minimum Gasteiger partial charge on any atom is -0.455 e. The lowest BCUT2D eigenvalue weighted by Gasteiger charge is -2.21. The van der Waals surface area contributed by atoms with E-state index in [1.54, 1.807) is 5.32 Å². The zero-order valence-corrected chi connectivity index (χ0v) is 27.7. The summed E-state index contributed by atoms with van der Waals surface area (Å²) < 4.78 is 93.5. The Balaban J connectivity index is 2.05. The number of carbonyl (C=O) groups excluding carboxylic acids is 3. The number of carbonyl (C=O) groups is 3. The number of alkyl halides is 3.